The maximum atomic E-state index is 12.0. The molecule has 142 valence electrons. The van der Waals surface area contributed by atoms with Crippen LogP contribution in [0.2, 0.25) is 5.02 Å². The van der Waals surface area contributed by atoms with Crippen LogP contribution < -0.4 is 10.2 Å². The lowest BCUT2D eigenvalue weighted by Gasteiger charge is -2.06. The third-order valence-corrected chi connectivity index (χ3v) is 4.06. The highest BCUT2D eigenvalue weighted by Gasteiger charge is 2.10. The normalized spacial score (nSPS) is 10.8. The zero-order valence-corrected chi connectivity index (χ0v) is 15.4. The van der Waals surface area contributed by atoms with Crippen molar-refractivity contribution >= 4 is 23.7 Å². The van der Waals surface area contributed by atoms with E-state index < -0.39 is 5.91 Å². The van der Waals surface area contributed by atoms with Gasteiger partial charge in [0.2, 0.25) is 0 Å². The van der Waals surface area contributed by atoms with Crippen LogP contribution in [0.3, 0.4) is 0 Å². The molecule has 1 amide bonds. The molecule has 0 aliphatic rings. The lowest BCUT2D eigenvalue weighted by Crippen LogP contribution is -2.17. The zero-order chi connectivity index (χ0) is 19.9. The van der Waals surface area contributed by atoms with Crippen LogP contribution in [0.1, 0.15) is 21.5 Å². The maximum Gasteiger partial charge on any atom is 0.275 e. The van der Waals surface area contributed by atoms with Gasteiger partial charge < -0.3 is 14.9 Å². The van der Waals surface area contributed by atoms with Crippen molar-refractivity contribution in [1.29, 1.82) is 0 Å². The van der Waals surface area contributed by atoms with Crippen LogP contribution in [0.15, 0.2) is 71.8 Å². The number of phenols is 2. The highest BCUT2D eigenvalue weighted by atomic mass is 35.5. The summed E-state index contributed by atoms with van der Waals surface area (Å²) in [4.78, 5) is 12.0. The second-order valence-electron chi connectivity index (χ2n) is 5.88. The summed E-state index contributed by atoms with van der Waals surface area (Å²) in [5.41, 5.74) is 4.10. The quantitative estimate of drug-likeness (QED) is 0.432. The minimum atomic E-state index is -0.586. The first-order chi connectivity index (χ1) is 13.5. The molecule has 6 nitrogen and oxygen atoms in total. The van der Waals surface area contributed by atoms with Gasteiger partial charge >= 0.3 is 0 Å². The van der Waals surface area contributed by atoms with E-state index in [-0.39, 0.29) is 17.1 Å². The number of rotatable bonds is 6. The smallest absolute Gasteiger partial charge is 0.275 e. The Hall–Kier alpha value is -3.51. The Bertz CT molecular complexity index is 986. The van der Waals surface area contributed by atoms with Crippen molar-refractivity contribution in [2.24, 2.45) is 5.10 Å². The molecule has 0 heterocycles. The van der Waals surface area contributed by atoms with Crippen molar-refractivity contribution in [2.75, 3.05) is 0 Å². The number of nitrogens with one attached hydrogen (secondary N) is 1. The van der Waals surface area contributed by atoms with Crippen LogP contribution in [0, 0.1) is 0 Å². The average Bonchev–Trinajstić information content (AvgIpc) is 2.68. The fourth-order valence-electron chi connectivity index (χ4n) is 2.34. The summed E-state index contributed by atoms with van der Waals surface area (Å²) in [6.07, 6.45) is 1.47. The van der Waals surface area contributed by atoms with Gasteiger partial charge in [0.15, 0.2) is 0 Å². The van der Waals surface area contributed by atoms with E-state index in [1.807, 2.05) is 24.3 Å². The van der Waals surface area contributed by atoms with Crippen molar-refractivity contribution in [3.8, 4) is 17.2 Å². The number of ether oxygens (including phenoxy) is 1. The van der Waals surface area contributed by atoms with Gasteiger partial charge in [-0.25, -0.2) is 5.43 Å². The number of carbonyl (C=O) groups excluding carboxylic acids is 1. The first-order valence-electron chi connectivity index (χ1n) is 8.34. The molecule has 0 saturated heterocycles. The Kier molecular flexibility index (Phi) is 6.14. The molecule has 3 rings (SSSR count). The van der Waals surface area contributed by atoms with Gasteiger partial charge in [0.25, 0.3) is 5.91 Å². The first kappa shape index (κ1) is 19.3. The molecule has 3 aromatic rings. The Morgan fingerprint density at radius 1 is 1.04 bits per heavy atom. The summed E-state index contributed by atoms with van der Waals surface area (Å²) in [5, 5.41) is 23.4. The van der Waals surface area contributed by atoms with Crippen LogP contribution >= 0.6 is 11.6 Å². The summed E-state index contributed by atoms with van der Waals surface area (Å²) in [6, 6.07) is 18.3. The van der Waals surface area contributed by atoms with Gasteiger partial charge in [0.05, 0.1) is 11.8 Å². The predicted molar refractivity (Wildman–Crippen MR) is 107 cm³/mol. The molecule has 0 unspecified atom stereocenters. The summed E-state index contributed by atoms with van der Waals surface area (Å²) >= 11 is 5.85. The SMILES string of the molecule is O=C(NN=Cc1ccc(OCc2ccc(Cl)cc2)cc1)c1ccc(O)cc1O. The molecule has 3 aromatic carbocycles. The topological polar surface area (TPSA) is 91.2 Å². The van der Waals surface area contributed by atoms with Gasteiger partial charge in [-0.3, -0.25) is 4.79 Å². The number of phenolic OH excluding ortho intramolecular Hbond substituents is 2. The van der Waals surface area contributed by atoms with E-state index >= 15 is 0 Å². The van der Waals surface area contributed by atoms with Crippen LogP contribution in [0.4, 0.5) is 0 Å². The monoisotopic (exact) mass is 396 g/mol. The number of hydrazone groups is 1. The summed E-state index contributed by atoms with van der Waals surface area (Å²) < 4.78 is 5.70. The molecule has 0 spiro atoms. The number of hydrogen-bond acceptors (Lipinski definition) is 5. The standard InChI is InChI=1S/C21H17ClN2O4/c22-16-5-1-15(2-6-16)13-28-18-8-3-14(4-9-18)12-23-24-21(27)19-10-7-17(25)11-20(19)26/h1-12,25-26H,13H2,(H,24,27). The molecule has 0 bridgehead atoms. The number of nitrogens with zero attached hydrogens (tertiary/aromatic N) is 1. The molecule has 0 saturated carbocycles. The van der Waals surface area contributed by atoms with Crippen LogP contribution in [-0.4, -0.2) is 22.3 Å². The number of benzene rings is 3. The lowest BCUT2D eigenvalue weighted by molar-refractivity contribution is 0.0952. The second kappa shape index (κ2) is 8.92. The van der Waals surface area contributed by atoms with E-state index in [0.717, 1.165) is 17.2 Å². The summed E-state index contributed by atoms with van der Waals surface area (Å²) in [6.45, 7) is 0.427. The third-order valence-electron chi connectivity index (χ3n) is 3.80. The molecule has 28 heavy (non-hydrogen) atoms. The van der Waals surface area contributed by atoms with E-state index in [9.17, 15) is 15.0 Å². The molecule has 0 aromatic heterocycles. The number of amides is 1. The van der Waals surface area contributed by atoms with Gasteiger partial charge in [0.1, 0.15) is 23.9 Å². The Morgan fingerprint density at radius 2 is 1.75 bits per heavy atom. The van der Waals surface area contributed by atoms with Gasteiger partial charge in [-0.2, -0.15) is 5.10 Å². The van der Waals surface area contributed by atoms with Crippen molar-refractivity contribution in [1.82, 2.24) is 5.43 Å². The Morgan fingerprint density at radius 3 is 2.43 bits per heavy atom. The van der Waals surface area contributed by atoms with Crippen LogP contribution in [0.5, 0.6) is 17.2 Å². The molecule has 0 aliphatic carbocycles. The number of hydrogen-bond donors (Lipinski definition) is 3. The Balaban J connectivity index is 1.53. The second-order valence-corrected chi connectivity index (χ2v) is 6.32. The minimum absolute atomic E-state index is 0.0147. The van der Waals surface area contributed by atoms with Crippen LogP contribution in [-0.2, 0) is 6.61 Å². The Labute approximate surface area is 166 Å². The first-order valence-corrected chi connectivity index (χ1v) is 8.72. The zero-order valence-electron chi connectivity index (χ0n) is 14.7. The fourth-order valence-corrected chi connectivity index (χ4v) is 2.46. The molecular formula is C21H17ClN2O4. The summed E-state index contributed by atoms with van der Waals surface area (Å²) in [7, 11) is 0. The van der Waals surface area contributed by atoms with E-state index in [1.165, 1.54) is 18.3 Å². The van der Waals surface area contributed by atoms with E-state index in [2.05, 4.69) is 10.5 Å². The molecule has 3 N–H and O–H groups in total. The van der Waals surface area contributed by atoms with E-state index in [1.54, 1.807) is 24.3 Å². The van der Waals surface area contributed by atoms with Gasteiger partial charge in [-0.1, -0.05) is 23.7 Å². The largest absolute Gasteiger partial charge is 0.508 e. The number of halogens is 1. The highest BCUT2D eigenvalue weighted by Crippen LogP contribution is 2.22. The predicted octanol–water partition coefficient (Wildman–Crippen LogP) is 4.09. The minimum Gasteiger partial charge on any atom is -0.508 e. The van der Waals surface area contributed by atoms with Gasteiger partial charge in [0, 0.05) is 11.1 Å². The lowest BCUT2D eigenvalue weighted by atomic mass is 10.2. The van der Waals surface area contributed by atoms with Crippen molar-refractivity contribution in [3.63, 3.8) is 0 Å². The molecular weight excluding hydrogens is 380 g/mol. The van der Waals surface area contributed by atoms with Crippen LogP contribution in [0.25, 0.3) is 0 Å². The average molecular weight is 397 g/mol. The van der Waals surface area contributed by atoms with Crippen molar-refractivity contribution in [3.05, 3.63) is 88.4 Å². The molecule has 7 heteroatoms. The van der Waals surface area contributed by atoms with Gasteiger partial charge in [-0.15, -0.1) is 0 Å². The molecule has 0 atom stereocenters. The van der Waals surface area contributed by atoms with Crippen molar-refractivity contribution < 1.29 is 19.7 Å². The molecule has 0 aliphatic heterocycles. The van der Waals surface area contributed by atoms with E-state index in [4.69, 9.17) is 16.3 Å². The number of aromatic hydroxyl groups is 2. The van der Waals surface area contributed by atoms with Gasteiger partial charge in [-0.05, 0) is 59.7 Å². The highest BCUT2D eigenvalue weighted by molar-refractivity contribution is 6.30. The number of carbonyl (C=O) groups is 1. The van der Waals surface area contributed by atoms with E-state index in [0.29, 0.717) is 17.4 Å². The maximum absolute atomic E-state index is 12.0. The molecule has 0 radical (unpaired) electrons. The van der Waals surface area contributed by atoms with Crippen molar-refractivity contribution in [2.45, 2.75) is 6.61 Å². The summed E-state index contributed by atoms with van der Waals surface area (Å²) in [5.74, 6) is -0.340. The molecule has 0 fully saturated rings. The fraction of sp³-hybridized carbons (Fsp3) is 0.0476. The third kappa shape index (κ3) is 5.25.